The lowest BCUT2D eigenvalue weighted by Crippen LogP contribution is -2.45. The van der Waals surface area contributed by atoms with Gasteiger partial charge in [0, 0.05) is 51.4 Å². The van der Waals surface area contributed by atoms with Crippen molar-refractivity contribution in [2.75, 3.05) is 63.9 Å². The van der Waals surface area contributed by atoms with Gasteiger partial charge in [-0.15, -0.1) is 0 Å². The number of nitrogens with zero attached hydrogens (tertiary/aromatic N) is 4. The average molecular weight is 342 g/mol. The third-order valence-electron chi connectivity index (χ3n) is 4.92. The van der Waals surface area contributed by atoms with Crippen molar-refractivity contribution in [1.82, 2.24) is 9.80 Å². The fraction of sp³-hybridized carbons (Fsp3) is 0.579. The molecular weight excluding hydrogens is 316 g/mol. The van der Waals surface area contributed by atoms with Gasteiger partial charge in [0.25, 0.3) is 0 Å². The van der Waals surface area contributed by atoms with Crippen molar-refractivity contribution in [2.45, 2.75) is 12.8 Å². The molecule has 25 heavy (non-hydrogen) atoms. The third-order valence-corrected chi connectivity index (χ3v) is 4.92. The van der Waals surface area contributed by atoms with Crippen LogP contribution in [-0.2, 0) is 16.0 Å². The molecule has 0 N–H and O–H groups in total. The fourth-order valence-corrected chi connectivity index (χ4v) is 3.46. The summed E-state index contributed by atoms with van der Waals surface area (Å²) in [5, 5.41) is 8.91. The van der Waals surface area contributed by atoms with E-state index in [2.05, 4.69) is 21.9 Å². The molecule has 6 nitrogen and oxygen atoms in total. The van der Waals surface area contributed by atoms with E-state index in [1.54, 1.807) is 0 Å². The van der Waals surface area contributed by atoms with Crippen molar-refractivity contribution in [3.8, 4) is 6.07 Å². The summed E-state index contributed by atoms with van der Waals surface area (Å²) in [7, 11) is 0. The zero-order valence-electron chi connectivity index (χ0n) is 14.7. The lowest BCUT2D eigenvalue weighted by atomic mass is 10.2. The van der Waals surface area contributed by atoms with Gasteiger partial charge in [0.05, 0.1) is 25.8 Å². The second-order valence-corrected chi connectivity index (χ2v) is 6.56. The standard InChI is InChI=1S/C19H26N4O2/c20-7-3-8-22(11-10-21-12-14-25-15-13-21)16-19(24)23-9-6-17-4-1-2-5-18(17)23/h1-2,4-5H,3,6,8-16H2. The predicted molar refractivity (Wildman–Crippen MR) is 96.4 cm³/mol. The van der Waals surface area contributed by atoms with E-state index < -0.39 is 0 Å². The average Bonchev–Trinajstić information content (AvgIpc) is 3.09. The number of amides is 1. The highest BCUT2D eigenvalue weighted by atomic mass is 16.5. The summed E-state index contributed by atoms with van der Waals surface area (Å²) in [5.74, 6) is 0.130. The summed E-state index contributed by atoms with van der Waals surface area (Å²) in [6, 6.07) is 10.3. The predicted octanol–water partition coefficient (Wildman–Crippen LogP) is 1.12. The molecule has 0 saturated carbocycles. The Labute approximate surface area is 149 Å². The van der Waals surface area contributed by atoms with E-state index in [9.17, 15) is 4.79 Å². The molecule has 0 radical (unpaired) electrons. The van der Waals surface area contributed by atoms with Crippen LogP contribution in [0.5, 0.6) is 0 Å². The molecule has 3 rings (SSSR count). The Morgan fingerprint density at radius 3 is 2.80 bits per heavy atom. The summed E-state index contributed by atoms with van der Waals surface area (Å²) in [4.78, 5) is 19.2. The molecule has 0 aromatic heterocycles. The number of morpholine rings is 1. The van der Waals surface area contributed by atoms with Gasteiger partial charge in [-0.3, -0.25) is 14.6 Å². The number of nitriles is 1. The normalized spacial score (nSPS) is 17.5. The van der Waals surface area contributed by atoms with Crippen molar-refractivity contribution in [2.24, 2.45) is 0 Å². The lowest BCUT2D eigenvalue weighted by molar-refractivity contribution is -0.119. The number of hydrogen-bond acceptors (Lipinski definition) is 5. The minimum absolute atomic E-state index is 0.130. The molecule has 1 saturated heterocycles. The Hall–Kier alpha value is -1.94. The zero-order chi connectivity index (χ0) is 17.5. The van der Waals surface area contributed by atoms with Crippen LogP contribution in [0.3, 0.4) is 0 Å². The molecule has 2 aliphatic heterocycles. The minimum Gasteiger partial charge on any atom is -0.379 e. The molecule has 0 spiro atoms. The number of carbonyl (C=O) groups is 1. The smallest absolute Gasteiger partial charge is 0.241 e. The van der Waals surface area contributed by atoms with Crippen LogP contribution < -0.4 is 4.90 Å². The molecule has 1 aromatic rings. The quantitative estimate of drug-likeness (QED) is 0.743. The van der Waals surface area contributed by atoms with E-state index in [0.717, 1.165) is 58.0 Å². The SMILES string of the molecule is N#CCCN(CCN1CCOCC1)CC(=O)N1CCc2ccccc21. The van der Waals surface area contributed by atoms with Crippen LogP contribution in [-0.4, -0.2) is 74.7 Å². The van der Waals surface area contributed by atoms with E-state index in [0.29, 0.717) is 19.5 Å². The maximum Gasteiger partial charge on any atom is 0.241 e. The number of carbonyl (C=O) groups excluding carboxylic acids is 1. The van der Waals surface area contributed by atoms with Gasteiger partial charge >= 0.3 is 0 Å². The van der Waals surface area contributed by atoms with Crippen molar-refractivity contribution in [1.29, 1.82) is 5.26 Å². The molecule has 0 atom stereocenters. The second-order valence-electron chi connectivity index (χ2n) is 6.56. The number of benzene rings is 1. The number of fused-ring (bicyclic) bond motifs is 1. The Balaban J connectivity index is 1.56. The van der Waals surface area contributed by atoms with Crippen LogP contribution in [0.1, 0.15) is 12.0 Å². The van der Waals surface area contributed by atoms with Crippen LogP contribution in [0, 0.1) is 11.3 Å². The molecular formula is C19H26N4O2. The van der Waals surface area contributed by atoms with Crippen LogP contribution >= 0.6 is 0 Å². The topological polar surface area (TPSA) is 59.8 Å². The van der Waals surface area contributed by atoms with Gasteiger partial charge in [0.2, 0.25) is 5.91 Å². The minimum atomic E-state index is 0.130. The zero-order valence-corrected chi connectivity index (χ0v) is 14.7. The first-order chi connectivity index (χ1) is 12.3. The number of ether oxygens (including phenoxy) is 1. The van der Waals surface area contributed by atoms with Gasteiger partial charge in [-0.1, -0.05) is 18.2 Å². The van der Waals surface area contributed by atoms with Crippen LogP contribution in [0.15, 0.2) is 24.3 Å². The van der Waals surface area contributed by atoms with Crippen LogP contribution in [0.25, 0.3) is 0 Å². The van der Waals surface area contributed by atoms with Gasteiger partial charge in [0.1, 0.15) is 0 Å². The summed E-state index contributed by atoms with van der Waals surface area (Å²) in [6.07, 6.45) is 1.38. The Kier molecular flexibility index (Phi) is 6.40. The molecule has 1 amide bonds. The molecule has 0 bridgehead atoms. The molecule has 2 heterocycles. The Morgan fingerprint density at radius 2 is 2.00 bits per heavy atom. The molecule has 1 aromatic carbocycles. The monoisotopic (exact) mass is 342 g/mol. The Bertz CT molecular complexity index is 622. The third kappa shape index (κ3) is 4.79. The summed E-state index contributed by atoms with van der Waals surface area (Å²) in [6.45, 7) is 6.94. The van der Waals surface area contributed by atoms with E-state index in [1.165, 1.54) is 5.56 Å². The van der Waals surface area contributed by atoms with Gasteiger partial charge in [-0.25, -0.2) is 0 Å². The van der Waals surface area contributed by atoms with Crippen molar-refractivity contribution >= 4 is 11.6 Å². The molecule has 134 valence electrons. The number of anilines is 1. The molecule has 0 unspecified atom stereocenters. The van der Waals surface area contributed by atoms with Crippen molar-refractivity contribution in [3.63, 3.8) is 0 Å². The second kappa shape index (κ2) is 8.95. The van der Waals surface area contributed by atoms with Crippen LogP contribution in [0.2, 0.25) is 0 Å². The van der Waals surface area contributed by atoms with Gasteiger partial charge in [-0.05, 0) is 18.1 Å². The highest BCUT2D eigenvalue weighted by molar-refractivity contribution is 5.96. The maximum atomic E-state index is 12.8. The van der Waals surface area contributed by atoms with Crippen LogP contribution in [0.4, 0.5) is 5.69 Å². The Morgan fingerprint density at radius 1 is 1.20 bits per heavy atom. The first-order valence-electron chi connectivity index (χ1n) is 9.05. The molecule has 2 aliphatic rings. The number of hydrogen-bond donors (Lipinski definition) is 0. The van der Waals surface area contributed by atoms with E-state index in [-0.39, 0.29) is 5.91 Å². The van der Waals surface area contributed by atoms with E-state index >= 15 is 0 Å². The van der Waals surface area contributed by atoms with Gasteiger partial charge in [-0.2, -0.15) is 5.26 Å². The summed E-state index contributed by atoms with van der Waals surface area (Å²) >= 11 is 0. The molecule has 6 heteroatoms. The van der Waals surface area contributed by atoms with E-state index in [1.807, 2.05) is 23.1 Å². The van der Waals surface area contributed by atoms with E-state index in [4.69, 9.17) is 10.00 Å². The summed E-state index contributed by atoms with van der Waals surface area (Å²) in [5.41, 5.74) is 2.29. The first kappa shape index (κ1) is 17.9. The highest BCUT2D eigenvalue weighted by Gasteiger charge is 2.25. The van der Waals surface area contributed by atoms with Crippen molar-refractivity contribution in [3.05, 3.63) is 29.8 Å². The number of rotatable bonds is 7. The highest BCUT2D eigenvalue weighted by Crippen LogP contribution is 2.27. The van der Waals surface area contributed by atoms with Gasteiger partial charge < -0.3 is 9.64 Å². The molecule has 1 fully saturated rings. The first-order valence-corrected chi connectivity index (χ1v) is 9.05. The van der Waals surface area contributed by atoms with Gasteiger partial charge in [0.15, 0.2) is 0 Å². The largest absolute Gasteiger partial charge is 0.379 e. The molecule has 0 aliphatic carbocycles. The number of para-hydroxylation sites is 1. The fourth-order valence-electron chi connectivity index (χ4n) is 3.46. The maximum absolute atomic E-state index is 12.8. The van der Waals surface area contributed by atoms with Crippen molar-refractivity contribution < 1.29 is 9.53 Å². The lowest BCUT2D eigenvalue weighted by Gasteiger charge is -2.30. The summed E-state index contributed by atoms with van der Waals surface area (Å²) < 4.78 is 5.38.